The molecule has 7 nitrogen and oxygen atoms in total. The lowest BCUT2D eigenvalue weighted by molar-refractivity contribution is 0.209. The molecule has 0 aromatic carbocycles. The van der Waals surface area contributed by atoms with E-state index in [2.05, 4.69) is 31.8 Å². The first kappa shape index (κ1) is 15.1. The summed E-state index contributed by atoms with van der Waals surface area (Å²) in [7, 11) is 0. The summed E-state index contributed by atoms with van der Waals surface area (Å²) >= 11 is 0. The fourth-order valence-corrected chi connectivity index (χ4v) is 3.49. The minimum atomic E-state index is 0.477. The maximum Gasteiger partial charge on any atom is 0.154 e. The van der Waals surface area contributed by atoms with Crippen molar-refractivity contribution in [2.45, 2.75) is 25.9 Å². The zero-order valence-corrected chi connectivity index (χ0v) is 14.0. The topological polar surface area (TPSA) is 54.5 Å². The summed E-state index contributed by atoms with van der Waals surface area (Å²) in [5, 5.41) is 4.29. The molecule has 3 aromatic rings. The highest BCUT2D eigenvalue weighted by Crippen LogP contribution is 2.24. The summed E-state index contributed by atoms with van der Waals surface area (Å²) in [6, 6.07) is 2.45. The second kappa shape index (κ2) is 6.60. The Morgan fingerprint density at radius 3 is 2.96 bits per heavy atom. The van der Waals surface area contributed by atoms with Gasteiger partial charge < -0.3 is 9.30 Å². The molecule has 1 fully saturated rings. The van der Waals surface area contributed by atoms with Crippen LogP contribution in [0.25, 0.3) is 5.52 Å². The Morgan fingerprint density at radius 2 is 2.12 bits per heavy atom. The molecule has 24 heavy (non-hydrogen) atoms. The number of anilines is 1. The number of imidazole rings is 1. The molecule has 4 heterocycles. The monoisotopic (exact) mass is 325 g/mol. The van der Waals surface area contributed by atoms with Crippen LogP contribution in [-0.2, 0) is 6.54 Å². The summed E-state index contributed by atoms with van der Waals surface area (Å²) in [6.07, 6.45) is 12.5. The number of rotatable bonds is 5. The number of hydrogen-bond donors (Lipinski definition) is 0. The van der Waals surface area contributed by atoms with Crippen LogP contribution < -0.4 is 4.90 Å². The largest absolute Gasteiger partial charge is 0.349 e. The third-order valence-electron chi connectivity index (χ3n) is 4.83. The second-order valence-corrected chi connectivity index (χ2v) is 6.26. The molecule has 0 amide bonds. The highest BCUT2D eigenvalue weighted by Gasteiger charge is 2.27. The van der Waals surface area contributed by atoms with Gasteiger partial charge in [-0.05, 0) is 12.5 Å². The minimum Gasteiger partial charge on any atom is -0.349 e. The predicted octanol–water partition coefficient (Wildman–Crippen LogP) is 1.53. The van der Waals surface area contributed by atoms with E-state index in [0.717, 1.165) is 50.5 Å². The minimum absolute atomic E-state index is 0.477. The zero-order chi connectivity index (χ0) is 16.4. The van der Waals surface area contributed by atoms with Crippen LogP contribution in [0, 0.1) is 0 Å². The Kier molecular flexibility index (Phi) is 4.17. The lowest BCUT2D eigenvalue weighted by Crippen LogP contribution is -2.54. The smallest absolute Gasteiger partial charge is 0.154 e. The molecule has 0 bridgehead atoms. The molecule has 7 heteroatoms. The molecule has 1 aliphatic heterocycles. The van der Waals surface area contributed by atoms with E-state index in [-0.39, 0.29) is 0 Å². The Labute approximate surface area is 141 Å². The number of aromatic nitrogens is 5. The Morgan fingerprint density at radius 1 is 1.17 bits per heavy atom. The van der Waals surface area contributed by atoms with E-state index in [1.54, 1.807) is 0 Å². The fraction of sp³-hybridized carbons (Fsp3) is 0.471. The van der Waals surface area contributed by atoms with Crippen LogP contribution in [0.5, 0.6) is 0 Å². The first-order chi connectivity index (χ1) is 11.8. The van der Waals surface area contributed by atoms with Gasteiger partial charge in [0, 0.05) is 57.0 Å². The van der Waals surface area contributed by atoms with Gasteiger partial charge in [0.25, 0.3) is 0 Å². The Balaban J connectivity index is 1.47. The maximum absolute atomic E-state index is 4.65. The normalized spacial score (nSPS) is 19.2. The van der Waals surface area contributed by atoms with Gasteiger partial charge in [0.1, 0.15) is 5.52 Å². The van der Waals surface area contributed by atoms with Gasteiger partial charge in [0.2, 0.25) is 0 Å². The summed E-state index contributed by atoms with van der Waals surface area (Å²) in [4.78, 5) is 13.9. The summed E-state index contributed by atoms with van der Waals surface area (Å²) in [6.45, 7) is 7.35. The van der Waals surface area contributed by atoms with Gasteiger partial charge in [-0.25, -0.2) is 9.97 Å². The summed E-state index contributed by atoms with van der Waals surface area (Å²) < 4.78 is 4.04. The van der Waals surface area contributed by atoms with Crippen LogP contribution in [0.3, 0.4) is 0 Å². The molecule has 1 unspecified atom stereocenters. The van der Waals surface area contributed by atoms with E-state index in [1.165, 1.54) is 0 Å². The highest BCUT2D eigenvalue weighted by molar-refractivity contribution is 5.68. The van der Waals surface area contributed by atoms with E-state index in [9.17, 15) is 0 Å². The standard InChI is InChI=1S/C17H23N7/c1-2-15-13-21(8-10-23-6-3-4-20-23)9-11-24(15)17-16-12-18-14-22(16)7-5-19-17/h3-7,12,14-15H,2,8-11,13H2,1H3. The molecule has 1 aliphatic rings. The van der Waals surface area contributed by atoms with E-state index in [4.69, 9.17) is 0 Å². The van der Waals surface area contributed by atoms with Gasteiger partial charge in [-0.15, -0.1) is 0 Å². The molecule has 0 saturated carbocycles. The highest BCUT2D eigenvalue weighted by atomic mass is 15.3. The van der Waals surface area contributed by atoms with Gasteiger partial charge in [0.05, 0.1) is 19.1 Å². The van der Waals surface area contributed by atoms with Crippen molar-refractivity contribution in [2.24, 2.45) is 0 Å². The van der Waals surface area contributed by atoms with Crippen LogP contribution in [0.15, 0.2) is 43.4 Å². The average molecular weight is 325 g/mol. The summed E-state index contributed by atoms with van der Waals surface area (Å²) in [5.41, 5.74) is 1.08. The van der Waals surface area contributed by atoms with Crippen LogP contribution in [-0.4, -0.2) is 61.3 Å². The zero-order valence-electron chi connectivity index (χ0n) is 14.0. The molecule has 1 atom stereocenters. The van der Waals surface area contributed by atoms with Crippen LogP contribution in [0.2, 0.25) is 0 Å². The van der Waals surface area contributed by atoms with Gasteiger partial charge in [0.15, 0.2) is 5.82 Å². The van der Waals surface area contributed by atoms with Crippen molar-refractivity contribution < 1.29 is 0 Å². The molecule has 3 aromatic heterocycles. The predicted molar refractivity (Wildman–Crippen MR) is 93.1 cm³/mol. The molecule has 126 valence electrons. The third kappa shape index (κ3) is 2.87. The van der Waals surface area contributed by atoms with Gasteiger partial charge in [-0.3, -0.25) is 9.58 Å². The van der Waals surface area contributed by atoms with Crippen molar-refractivity contribution in [1.29, 1.82) is 0 Å². The van der Waals surface area contributed by atoms with Crippen molar-refractivity contribution in [3.63, 3.8) is 0 Å². The molecule has 4 rings (SSSR count). The van der Waals surface area contributed by atoms with Gasteiger partial charge >= 0.3 is 0 Å². The lowest BCUT2D eigenvalue weighted by Gasteiger charge is -2.42. The summed E-state index contributed by atoms with van der Waals surface area (Å²) in [5.74, 6) is 1.05. The SMILES string of the molecule is CCC1CN(CCn2cccn2)CCN1c1nccn2cncc12. The van der Waals surface area contributed by atoms with Crippen molar-refractivity contribution in [2.75, 3.05) is 31.1 Å². The van der Waals surface area contributed by atoms with Crippen LogP contribution in [0.1, 0.15) is 13.3 Å². The quantitative estimate of drug-likeness (QED) is 0.712. The van der Waals surface area contributed by atoms with Crippen LogP contribution in [0.4, 0.5) is 5.82 Å². The number of hydrogen-bond acceptors (Lipinski definition) is 5. The molecule has 1 saturated heterocycles. The Hall–Kier alpha value is -2.41. The first-order valence-corrected chi connectivity index (χ1v) is 8.58. The van der Waals surface area contributed by atoms with Gasteiger partial charge in [-0.1, -0.05) is 6.92 Å². The Bertz CT molecular complexity index is 779. The number of nitrogens with zero attached hydrogens (tertiary/aromatic N) is 7. The van der Waals surface area contributed by atoms with Crippen molar-refractivity contribution >= 4 is 11.3 Å². The van der Waals surface area contributed by atoms with Crippen molar-refractivity contribution in [3.8, 4) is 0 Å². The van der Waals surface area contributed by atoms with E-state index >= 15 is 0 Å². The maximum atomic E-state index is 4.65. The number of piperazine rings is 1. The molecular formula is C17H23N7. The second-order valence-electron chi connectivity index (χ2n) is 6.26. The van der Waals surface area contributed by atoms with E-state index in [1.807, 2.05) is 52.5 Å². The third-order valence-corrected chi connectivity index (χ3v) is 4.83. The molecule has 0 N–H and O–H groups in total. The molecule has 0 spiro atoms. The van der Waals surface area contributed by atoms with Crippen molar-refractivity contribution in [3.05, 3.63) is 43.4 Å². The van der Waals surface area contributed by atoms with Gasteiger partial charge in [-0.2, -0.15) is 5.10 Å². The molecular weight excluding hydrogens is 302 g/mol. The number of fused-ring (bicyclic) bond motifs is 1. The average Bonchev–Trinajstić information content (AvgIpc) is 3.30. The van der Waals surface area contributed by atoms with E-state index in [0.29, 0.717) is 6.04 Å². The fourth-order valence-electron chi connectivity index (χ4n) is 3.49. The van der Waals surface area contributed by atoms with Crippen LogP contribution >= 0.6 is 0 Å². The molecule has 0 radical (unpaired) electrons. The molecule has 0 aliphatic carbocycles. The first-order valence-electron chi connectivity index (χ1n) is 8.58. The van der Waals surface area contributed by atoms with E-state index < -0.39 is 0 Å². The van der Waals surface area contributed by atoms with Crippen molar-refractivity contribution in [1.82, 2.24) is 29.0 Å². The lowest BCUT2D eigenvalue weighted by atomic mass is 10.1.